The number of hydrogen-bond donors (Lipinski definition) is 0. The number of tetrazole rings is 1. The number of nitrogens with zero attached hydrogens (tertiary/aromatic N) is 5. The summed E-state index contributed by atoms with van der Waals surface area (Å²) in [4.78, 5) is 2.30. The number of halogens is 2. The van der Waals surface area contributed by atoms with Crippen molar-refractivity contribution < 1.29 is 9.13 Å². The van der Waals surface area contributed by atoms with E-state index in [0.29, 0.717) is 13.1 Å². The molecule has 0 N–H and O–H groups in total. The summed E-state index contributed by atoms with van der Waals surface area (Å²) in [5.74, 6) is 0.512. The van der Waals surface area contributed by atoms with Gasteiger partial charge in [0.25, 0.3) is 0 Å². The molecule has 1 aromatic heterocycles. The highest BCUT2D eigenvalue weighted by molar-refractivity contribution is 6.30. The van der Waals surface area contributed by atoms with E-state index in [-0.39, 0.29) is 11.9 Å². The Hall–Kier alpha value is -2.35. The van der Waals surface area contributed by atoms with Gasteiger partial charge >= 0.3 is 0 Å². The molecule has 0 spiro atoms. The highest BCUT2D eigenvalue weighted by Gasteiger charge is 2.21. The molecular weight excluding hydrogens is 393 g/mol. The molecule has 1 aliphatic rings. The summed E-state index contributed by atoms with van der Waals surface area (Å²) in [7, 11) is 0. The lowest BCUT2D eigenvalue weighted by molar-refractivity contribution is 0.0665. The van der Waals surface area contributed by atoms with Crippen molar-refractivity contribution in [3.63, 3.8) is 0 Å². The van der Waals surface area contributed by atoms with Crippen LogP contribution in [-0.4, -0.2) is 44.4 Å². The van der Waals surface area contributed by atoms with E-state index < -0.39 is 0 Å². The van der Waals surface area contributed by atoms with Crippen LogP contribution in [0.2, 0.25) is 5.02 Å². The third-order valence-corrected chi connectivity index (χ3v) is 5.27. The zero-order valence-corrected chi connectivity index (χ0v) is 16.8. The van der Waals surface area contributed by atoms with Crippen molar-refractivity contribution in [2.24, 2.45) is 0 Å². The Morgan fingerprint density at radius 2 is 1.83 bits per heavy atom. The maximum absolute atomic E-state index is 13.2. The Morgan fingerprint density at radius 3 is 2.55 bits per heavy atom. The van der Waals surface area contributed by atoms with Crippen LogP contribution in [-0.2, 0) is 24.4 Å². The molecule has 0 radical (unpaired) electrons. The molecule has 1 aliphatic heterocycles. The minimum absolute atomic E-state index is 0.226. The van der Waals surface area contributed by atoms with E-state index in [1.165, 1.54) is 17.7 Å². The fourth-order valence-electron chi connectivity index (χ4n) is 3.53. The molecule has 0 aliphatic carbocycles. The standard InChI is InChI=1S/C21H23ClFN5O/c22-18-7-3-16(4-8-18)12-27(14-20-2-1-11-29-20)15-21-24-25-26-28(21)13-17-5-9-19(23)10-6-17/h3-10,20H,1-2,11-15H2/t20-/m0/s1. The van der Waals surface area contributed by atoms with E-state index in [1.54, 1.807) is 16.8 Å². The molecular formula is C21H23ClFN5O. The van der Waals surface area contributed by atoms with Crippen molar-refractivity contribution in [2.45, 2.75) is 38.6 Å². The minimum atomic E-state index is -0.253. The van der Waals surface area contributed by atoms with Crippen molar-refractivity contribution in [1.29, 1.82) is 0 Å². The average Bonchev–Trinajstić information content (AvgIpc) is 3.38. The molecule has 1 fully saturated rings. The Morgan fingerprint density at radius 1 is 1.07 bits per heavy atom. The van der Waals surface area contributed by atoms with Crippen molar-refractivity contribution >= 4 is 11.6 Å². The van der Waals surface area contributed by atoms with Crippen LogP contribution in [0.25, 0.3) is 0 Å². The zero-order valence-electron chi connectivity index (χ0n) is 16.0. The molecule has 29 heavy (non-hydrogen) atoms. The van der Waals surface area contributed by atoms with E-state index in [0.717, 1.165) is 48.9 Å². The zero-order chi connectivity index (χ0) is 20.1. The first-order valence-corrected chi connectivity index (χ1v) is 10.1. The SMILES string of the molecule is Fc1ccc(Cn2nnnc2CN(Cc2ccc(Cl)cc2)C[C@@H]2CCCO2)cc1. The highest BCUT2D eigenvalue weighted by Crippen LogP contribution is 2.18. The second-order valence-corrected chi connectivity index (χ2v) is 7.75. The molecule has 4 rings (SSSR count). The first-order valence-electron chi connectivity index (χ1n) is 9.73. The molecule has 0 unspecified atom stereocenters. The van der Waals surface area contributed by atoms with Crippen molar-refractivity contribution in [1.82, 2.24) is 25.1 Å². The number of aromatic nitrogens is 4. The van der Waals surface area contributed by atoms with Crippen molar-refractivity contribution in [3.05, 3.63) is 76.3 Å². The molecule has 0 amide bonds. The van der Waals surface area contributed by atoms with Gasteiger partial charge in [0.05, 0.1) is 19.2 Å². The van der Waals surface area contributed by atoms with Crippen LogP contribution in [0.3, 0.4) is 0 Å². The topological polar surface area (TPSA) is 56.1 Å². The first kappa shape index (κ1) is 19.9. The summed E-state index contributed by atoms with van der Waals surface area (Å²) in [6.45, 7) is 3.47. The van der Waals surface area contributed by atoms with Gasteiger partial charge in [0.2, 0.25) is 0 Å². The molecule has 2 heterocycles. The predicted octanol–water partition coefficient (Wildman–Crippen LogP) is 3.70. The van der Waals surface area contributed by atoms with E-state index in [1.807, 2.05) is 24.3 Å². The van der Waals surface area contributed by atoms with Crippen LogP contribution < -0.4 is 0 Å². The Labute approximate surface area is 174 Å². The summed E-state index contributed by atoms with van der Waals surface area (Å²) in [5, 5.41) is 12.9. The van der Waals surface area contributed by atoms with Gasteiger partial charge in [-0.1, -0.05) is 35.9 Å². The molecule has 2 aromatic carbocycles. The quantitative estimate of drug-likeness (QED) is 0.561. The lowest BCUT2D eigenvalue weighted by Gasteiger charge is -2.25. The maximum atomic E-state index is 13.2. The van der Waals surface area contributed by atoms with E-state index >= 15 is 0 Å². The van der Waals surface area contributed by atoms with Crippen molar-refractivity contribution in [2.75, 3.05) is 13.2 Å². The molecule has 152 valence electrons. The molecule has 8 heteroatoms. The average molecular weight is 416 g/mol. The monoisotopic (exact) mass is 415 g/mol. The summed E-state index contributed by atoms with van der Waals surface area (Å²) >= 11 is 6.02. The lowest BCUT2D eigenvalue weighted by Crippen LogP contribution is -2.32. The Bertz CT molecular complexity index is 910. The van der Waals surface area contributed by atoms with Crippen molar-refractivity contribution in [3.8, 4) is 0 Å². The van der Waals surface area contributed by atoms with E-state index in [9.17, 15) is 4.39 Å². The molecule has 6 nitrogen and oxygen atoms in total. The van der Waals surface area contributed by atoms with E-state index in [4.69, 9.17) is 16.3 Å². The summed E-state index contributed by atoms with van der Waals surface area (Å²) in [5.41, 5.74) is 2.12. The summed E-state index contributed by atoms with van der Waals surface area (Å²) in [6.07, 6.45) is 2.39. The van der Waals surface area contributed by atoms with Gasteiger partial charge in [0, 0.05) is 24.7 Å². The third kappa shape index (κ3) is 5.59. The van der Waals surface area contributed by atoms with E-state index in [2.05, 4.69) is 20.4 Å². The minimum Gasteiger partial charge on any atom is -0.377 e. The van der Waals surface area contributed by atoms with Gasteiger partial charge in [-0.15, -0.1) is 5.10 Å². The molecule has 3 aromatic rings. The van der Waals surface area contributed by atoms with Gasteiger partial charge in [0.1, 0.15) is 5.82 Å². The molecule has 1 atom stereocenters. The van der Waals surface area contributed by atoms with Gasteiger partial charge in [-0.05, 0) is 58.7 Å². The fourth-order valence-corrected chi connectivity index (χ4v) is 3.66. The fraction of sp³-hybridized carbons (Fsp3) is 0.381. The molecule has 1 saturated heterocycles. The molecule has 0 bridgehead atoms. The van der Waals surface area contributed by atoms with Crippen LogP contribution >= 0.6 is 11.6 Å². The Balaban J connectivity index is 1.48. The number of rotatable bonds is 8. The van der Waals surface area contributed by atoms with Gasteiger partial charge in [-0.25, -0.2) is 9.07 Å². The summed E-state index contributed by atoms with van der Waals surface area (Å²) < 4.78 is 20.8. The number of benzene rings is 2. The first-order chi connectivity index (χ1) is 14.2. The third-order valence-electron chi connectivity index (χ3n) is 5.02. The van der Waals surface area contributed by atoms with Gasteiger partial charge in [-0.3, -0.25) is 4.90 Å². The van der Waals surface area contributed by atoms with Crippen LogP contribution in [0.1, 0.15) is 29.8 Å². The van der Waals surface area contributed by atoms with Crippen LogP contribution in [0.5, 0.6) is 0 Å². The normalized spacial score (nSPS) is 16.6. The van der Waals surface area contributed by atoms with Gasteiger partial charge in [0.15, 0.2) is 5.82 Å². The van der Waals surface area contributed by atoms with Gasteiger partial charge in [-0.2, -0.15) is 0 Å². The second-order valence-electron chi connectivity index (χ2n) is 7.31. The van der Waals surface area contributed by atoms with Crippen LogP contribution in [0.15, 0.2) is 48.5 Å². The Kier molecular flexibility index (Phi) is 6.49. The van der Waals surface area contributed by atoms with Crippen LogP contribution in [0, 0.1) is 5.82 Å². The van der Waals surface area contributed by atoms with Gasteiger partial charge < -0.3 is 4.74 Å². The number of ether oxygens (including phenoxy) is 1. The molecule has 0 saturated carbocycles. The maximum Gasteiger partial charge on any atom is 0.165 e. The number of hydrogen-bond acceptors (Lipinski definition) is 5. The van der Waals surface area contributed by atoms with Crippen LogP contribution in [0.4, 0.5) is 4.39 Å². The smallest absolute Gasteiger partial charge is 0.165 e. The second kappa shape index (κ2) is 9.43. The lowest BCUT2D eigenvalue weighted by atomic mass is 10.2. The predicted molar refractivity (Wildman–Crippen MR) is 108 cm³/mol. The summed E-state index contributed by atoms with van der Waals surface area (Å²) in [6, 6.07) is 14.3. The largest absolute Gasteiger partial charge is 0.377 e. The highest BCUT2D eigenvalue weighted by atomic mass is 35.5.